The lowest BCUT2D eigenvalue weighted by molar-refractivity contribution is 0.0823. The van der Waals surface area contributed by atoms with Crippen LogP contribution in [0, 0.1) is 5.82 Å². The maximum atomic E-state index is 12.9. The molecule has 3 nitrogen and oxygen atoms in total. The number of nitrogens with zero attached hydrogens (tertiary/aromatic N) is 1. The van der Waals surface area contributed by atoms with Crippen molar-refractivity contribution >= 4 is 5.91 Å². The predicted molar refractivity (Wildman–Crippen MR) is 55.6 cm³/mol. The zero-order valence-corrected chi connectivity index (χ0v) is 9.08. The number of ether oxygens (including phenoxy) is 1. The van der Waals surface area contributed by atoms with Crippen LogP contribution in [0.5, 0.6) is 5.75 Å². The fraction of sp³-hybridized carbons (Fsp3) is 0.364. The molecule has 0 radical (unpaired) electrons. The van der Waals surface area contributed by atoms with E-state index >= 15 is 0 Å². The number of amides is 1. The molecule has 0 aromatic heterocycles. The standard InChI is InChI=1S/C11H14FNO2/c1-4-15-10-7-8(12)5-6-9(10)11(14)13(2)3/h5-7H,4H2,1-3H3. The van der Waals surface area contributed by atoms with Gasteiger partial charge >= 0.3 is 0 Å². The van der Waals surface area contributed by atoms with Crippen molar-refractivity contribution in [2.24, 2.45) is 0 Å². The molecule has 0 heterocycles. The fourth-order valence-corrected chi connectivity index (χ4v) is 1.19. The summed E-state index contributed by atoms with van der Waals surface area (Å²) in [6.07, 6.45) is 0. The Balaban J connectivity index is 3.10. The topological polar surface area (TPSA) is 29.5 Å². The monoisotopic (exact) mass is 211 g/mol. The van der Waals surface area contributed by atoms with Gasteiger partial charge in [-0.25, -0.2) is 4.39 Å². The van der Waals surface area contributed by atoms with Crippen molar-refractivity contribution in [3.05, 3.63) is 29.6 Å². The summed E-state index contributed by atoms with van der Waals surface area (Å²) in [4.78, 5) is 13.1. The zero-order chi connectivity index (χ0) is 11.4. The minimum absolute atomic E-state index is 0.196. The first-order chi connectivity index (χ1) is 7.06. The van der Waals surface area contributed by atoms with Gasteiger partial charge in [-0.15, -0.1) is 0 Å². The Kier molecular flexibility index (Phi) is 3.66. The van der Waals surface area contributed by atoms with E-state index in [0.29, 0.717) is 12.2 Å². The molecule has 4 heteroatoms. The summed E-state index contributed by atoms with van der Waals surface area (Å²) < 4.78 is 18.1. The summed E-state index contributed by atoms with van der Waals surface area (Å²) in [7, 11) is 3.28. The minimum atomic E-state index is -0.409. The van der Waals surface area contributed by atoms with Crippen molar-refractivity contribution in [2.75, 3.05) is 20.7 Å². The number of carbonyl (C=O) groups is 1. The van der Waals surface area contributed by atoms with E-state index in [4.69, 9.17) is 4.74 Å². The van der Waals surface area contributed by atoms with Crippen LogP contribution in [0.25, 0.3) is 0 Å². The van der Waals surface area contributed by atoms with Gasteiger partial charge in [0.1, 0.15) is 11.6 Å². The third-order valence-electron chi connectivity index (χ3n) is 1.88. The average molecular weight is 211 g/mol. The van der Waals surface area contributed by atoms with Gasteiger partial charge in [-0.3, -0.25) is 4.79 Å². The molecular weight excluding hydrogens is 197 g/mol. The normalized spacial score (nSPS) is 9.87. The molecule has 0 bridgehead atoms. The second-order valence-electron chi connectivity index (χ2n) is 3.27. The predicted octanol–water partition coefficient (Wildman–Crippen LogP) is 1.93. The molecule has 0 aliphatic heterocycles. The highest BCUT2D eigenvalue weighted by Crippen LogP contribution is 2.21. The lowest BCUT2D eigenvalue weighted by Crippen LogP contribution is -2.22. The van der Waals surface area contributed by atoms with Crippen LogP contribution in [0.15, 0.2) is 18.2 Å². The first-order valence-electron chi connectivity index (χ1n) is 4.70. The van der Waals surface area contributed by atoms with Crippen molar-refractivity contribution in [2.45, 2.75) is 6.92 Å². The van der Waals surface area contributed by atoms with Gasteiger partial charge < -0.3 is 9.64 Å². The number of hydrogen-bond acceptors (Lipinski definition) is 2. The summed E-state index contributed by atoms with van der Waals surface area (Å²) in [6.45, 7) is 2.19. The molecule has 82 valence electrons. The van der Waals surface area contributed by atoms with E-state index in [0.717, 1.165) is 0 Å². The average Bonchev–Trinajstić information content (AvgIpc) is 2.17. The van der Waals surface area contributed by atoms with Crippen molar-refractivity contribution in [3.63, 3.8) is 0 Å². The lowest BCUT2D eigenvalue weighted by atomic mass is 10.1. The molecule has 0 saturated carbocycles. The Morgan fingerprint density at radius 1 is 1.47 bits per heavy atom. The van der Waals surface area contributed by atoms with Gasteiger partial charge in [-0.1, -0.05) is 0 Å². The molecule has 0 spiro atoms. The van der Waals surface area contributed by atoms with E-state index in [2.05, 4.69) is 0 Å². The second kappa shape index (κ2) is 4.77. The lowest BCUT2D eigenvalue weighted by Gasteiger charge is -2.14. The molecule has 1 rings (SSSR count). The van der Waals surface area contributed by atoms with Crippen LogP contribution in [0.4, 0.5) is 4.39 Å². The molecule has 0 unspecified atom stereocenters. The molecule has 0 N–H and O–H groups in total. The second-order valence-corrected chi connectivity index (χ2v) is 3.27. The molecule has 15 heavy (non-hydrogen) atoms. The molecule has 0 fully saturated rings. The fourth-order valence-electron chi connectivity index (χ4n) is 1.19. The van der Waals surface area contributed by atoms with Crippen LogP contribution in [0.1, 0.15) is 17.3 Å². The van der Waals surface area contributed by atoms with E-state index in [-0.39, 0.29) is 11.7 Å². The number of hydrogen-bond donors (Lipinski definition) is 0. The maximum Gasteiger partial charge on any atom is 0.257 e. The SMILES string of the molecule is CCOc1cc(F)ccc1C(=O)N(C)C. The Labute approximate surface area is 88.5 Å². The van der Waals surface area contributed by atoms with Crippen molar-refractivity contribution in [1.82, 2.24) is 4.90 Å². The summed E-state index contributed by atoms with van der Waals surface area (Å²) in [5, 5.41) is 0. The molecule has 1 aromatic rings. The highest BCUT2D eigenvalue weighted by molar-refractivity contribution is 5.96. The van der Waals surface area contributed by atoms with E-state index in [1.54, 1.807) is 21.0 Å². The van der Waals surface area contributed by atoms with E-state index < -0.39 is 5.82 Å². The largest absolute Gasteiger partial charge is 0.493 e. The summed E-state index contributed by atoms with van der Waals surface area (Å²) in [6, 6.07) is 3.90. The van der Waals surface area contributed by atoms with Crippen LogP contribution < -0.4 is 4.74 Å². The van der Waals surface area contributed by atoms with Crippen molar-refractivity contribution in [1.29, 1.82) is 0 Å². The Morgan fingerprint density at radius 2 is 2.13 bits per heavy atom. The van der Waals surface area contributed by atoms with E-state index in [9.17, 15) is 9.18 Å². The van der Waals surface area contributed by atoms with Gasteiger partial charge in [0, 0.05) is 20.2 Å². The number of halogens is 1. The summed E-state index contributed by atoms with van der Waals surface area (Å²) in [5.41, 5.74) is 0.378. The molecule has 0 aliphatic rings. The zero-order valence-electron chi connectivity index (χ0n) is 9.08. The third-order valence-corrected chi connectivity index (χ3v) is 1.88. The van der Waals surface area contributed by atoms with Crippen LogP contribution in [0.2, 0.25) is 0 Å². The highest BCUT2D eigenvalue weighted by atomic mass is 19.1. The maximum absolute atomic E-state index is 12.9. The number of benzene rings is 1. The first kappa shape index (κ1) is 11.5. The van der Waals surface area contributed by atoms with Crippen LogP contribution in [-0.4, -0.2) is 31.5 Å². The van der Waals surface area contributed by atoms with Gasteiger partial charge in [0.15, 0.2) is 0 Å². The Morgan fingerprint density at radius 3 is 2.67 bits per heavy atom. The quantitative estimate of drug-likeness (QED) is 0.764. The van der Waals surface area contributed by atoms with Gasteiger partial charge in [0.2, 0.25) is 0 Å². The number of rotatable bonds is 3. The molecule has 1 aromatic carbocycles. The molecule has 0 atom stereocenters. The molecular formula is C11H14FNO2. The van der Waals surface area contributed by atoms with Crippen LogP contribution in [-0.2, 0) is 0 Å². The smallest absolute Gasteiger partial charge is 0.257 e. The van der Waals surface area contributed by atoms with Gasteiger partial charge in [0.25, 0.3) is 5.91 Å². The Bertz CT molecular complexity index is 364. The van der Waals surface area contributed by atoms with Crippen molar-refractivity contribution in [3.8, 4) is 5.75 Å². The van der Waals surface area contributed by atoms with Crippen LogP contribution in [0.3, 0.4) is 0 Å². The third kappa shape index (κ3) is 2.68. The summed E-state index contributed by atoms with van der Waals surface area (Å²) in [5.74, 6) is -0.316. The summed E-state index contributed by atoms with van der Waals surface area (Å²) >= 11 is 0. The highest BCUT2D eigenvalue weighted by Gasteiger charge is 2.14. The Hall–Kier alpha value is -1.58. The van der Waals surface area contributed by atoms with Gasteiger partial charge in [-0.2, -0.15) is 0 Å². The van der Waals surface area contributed by atoms with Gasteiger partial charge in [-0.05, 0) is 19.1 Å². The van der Waals surface area contributed by atoms with Crippen molar-refractivity contribution < 1.29 is 13.9 Å². The molecule has 0 aliphatic carbocycles. The molecule has 1 amide bonds. The molecule has 0 saturated heterocycles. The van der Waals surface area contributed by atoms with Crippen LogP contribution >= 0.6 is 0 Å². The number of carbonyl (C=O) groups excluding carboxylic acids is 1. The minimum Gasteiger partial charge on any atom is -0.493 e. The van der Waals surface area contributed by atoms with Gasteiger partial charge in [0.05, 0.1) is 12.2 Å². The van der Waals surface area contributed by atoms with E-state index in [1.807, 2.05) is 0 Å². The first-order valence-corrected chi connectivity index (χ1v) is 4.70. The van der Waals surface area contributed by atoms with E-state index in [1.165, 1.54) is 23.1 Å².